The zero-order valence-corrected chi connectivity index (χ0v) is 12.0. The van der Waals surface area contributed by atoms with Crippen molar-refractivity contribution >= 4 is 17.2 Å². The molecule has 6 nitrogen and oxygen atoms in total. The molecule has 2 rings (SSSR count). The summed E-state index contributed by atoms with van der Waals surface area (Å²) in [5, 5.41) is 0. The van der Waals surface area contributed by atoms with Gasteiger partial charge in [0.25, 0.3) is 0 Å². The van der Waals surface area contributed by atoms with Gasteiger partial charge in [0.2, 0.25) is 0 Å². The summed E-state index contributed by atoms with van der Waals surface area (Å²) >= 11 is 0. The smallest absolute Gasteiger partial charge is 0.146 e. The van der Waals surface area contributed by atoms with Gasteiger partial charge in [0.15, 0.2) is 0 Å². The number of nitrogens with zero attached hydrogens (tertiary/aromatic N) is 2. The lowest BCUT2D eigenvalue weighted by Crippen LogP contribution is -2.40. The summed E-state index contributed by atoms with van der Waals surface area (Å²) in [6.07, 6.45) is 0. The second-order valence-corrected chi connectivity index (χ2v) is 4.52. The third-order valence-corrected chi connectivity index (χ3v) is 3.08. The minimum absolute atomic E-state index is 0.449. The van der Waals surface area contributed by atoms with Crippen molar-refractivity contribution in [3.63, 3.8) is 0 Å². The summed E-state index contributed by atoms with van der Waals surface area (Å²) in [4.78, 5) is 6.75. The van der Waals surface area contributed by atoms with E-state index in [9.17, 15) is 0 Å². The highest BCUT2D eigenvalue weighted by molar-refractivity contribution is 5.89. The number of benzene rings is 1. The predicted octanol–water partition coefficient (Wildman–Crippen LogP) is 1.29. The molecule has 0 bridgehead atoms. The number of hydrogen-bond donors (Lipinski definition) is 1. The number of methoxy groups -OCH3 is 2. The average Bonchev–Trinajstić information content (AvgIpc) is 2.46. The largest absolute Gasteiger partial charge is 0.483 e. The third kappa shape index (κ3) is 3.61. The molecule has 6 heteroatoms. The van der Waals surface area contributed by atoms with Crippen LogP contribution < -0.4 is 10.5 Å². The molecule has 0 amide bonds. The van der Waals surface area contributed by atoms with Gasteiger partial charge in [-0.05, 0) is 18.2 Å². The van der Waals surface area contributed by atoms with Gasteiger partial charge in [0.05, 0.1) is 13.2 Å². The molecule has 2 N–H and O–H groups in total. The third-order valence-electron chi connectivity index (χ3n) is 3.08. The highest BCUT2D eigenvalue weighted by atomic mass is 16.5. The van der Waals surface area contributed by atoms with Gasteiger partial charge >= 0.3 is 0 Å². The van der Waals surface area contributed by atoms with E-state index in [0.717, 1.165) is 30.4 Å². The van der Waals surface area contributed by atoms with Gasteiger partial charge < -0.3 is 24.8 Å². The first-order valence-corrected chi connectivity index (χ1v) is 6.57. The average molecular weight is 279 g/mol. The quantitative estimate of drug-likeness (QED) is 0.795. The Bertz CT molecular complexity index is 469. The number of amidine groups is 1. The van der Waals surface area contributed by atoms with Crippen LogP contribution in [0.5, 0.6) is 5.75 Å². The summed E-state index contributed by atoms with van der Waals surface area (Å²) in [6, 6.07) is 5.48. The minimum atomic E-state index is 0.449. The molecule has 1 aromatic carbocycles. The van der Waals surface area contributed by atoms with E-state index in [0.29, 0.717) is 25.5 Å². The van der Waals surface area contributed by atoms with Crippen molar-refractivity contribution in [3.8, 4) is 5.75 Å². The lowest BCUT2D eigenvalue weighted by Gasteiger charge is -2.28. The SMILES string of the molecule is COCCN(CCOC)C1=Nc2cc(N)ccc2OC1. The van der Waals surface area contributed by atoms with Crippen molar-refractivity contribution in [1.82, 2.24) is 4.90 Å². The monoisotopic (exact) mass is 279 g/mol. The first-order chi connectivity index (χ1) is 9.74. The van der Waals surface area contributed by atoms with Crippen molar-refractivity contribution in [1.29, 1.82) is 0 Å². The molecule has 1 aliphatic heterocycles. The van der Waals surface area contributed by atoms with Crippen LogP contribution in [-0.2, 0) is 9.47 Å². The van der Waals surface area contributed by atoms with Gasteiger partial charge in [-0.25, -0.2) is 4.99 Å². The highest BCUT2D eigenvalue weighted by Crippen LogP contribution is 2.32. The molecular formula is C14H21N3O3. The highest BCUT2D eigenvalue weighted by Gasteiger charge is 2.18. The van der Waals surface area contributed by atoms with Gasteiger partial charge in [0.1, 0.15) is 23.9 Å². The molecule has 1 aliphatic rings. The molecule has 0 unspecified atom stereocenters. The minimum Gasteiger partial charge on any atom is -0.483 e. The Morgan fingerprint density at radius 3 is 2.60 bits per heavy atom. The summed E-state index contributed by atoms with van der Waals surface area (Å²) in [6.45, 7) is 3.21. The van der Waals surface area contributed by atoms with Crippen LogP contribution >= 0.6 is 0 Å². The van der Waals surface area contributed by atoms with E-state index < -0.39 is 0 Å². The van der Waals surface area contributed by atoms with E-state index in [1.807, 2.05) is 18.2 Å². The van der Waals surface area contributed by atoms with E-state index >= 15 is 0 Å². The predicted molar refractivity (Wildman–Crippen MR) is 78.8 cm³/mol. The topological polar surface area (TPSA) is 69.3 Å². The standard InChI is InChI=1S/C14H21N3O3/c1-18-7-5-17(6-8-19-2)14-10-20-13-4-3-11(15)9-12(13)16-14/h3-4,9H,5-8,10,15H2,1-2H3. The van der Waals surface area contributed by atoms with E-state index in [-0.39, 0.29) is 0 Å². The van der Waals surface area contributed by atoms with Crippen LogP contribution in [0.1, 0.15) is 0 Å². The number of anilines is 1. The number of aliphatic imine (C=N–C) groups is 1. The number of hydrogen-bond acceptors (Lipinski definition) is 6. The Morgan fingerprint density at radius 1 is 1.25 bits per heavy atom. The van der Waals surface area contributed by atoms with Gasteiger partial charge in [0, 0.05) is 33.0 Å². The summed E-state index contributed by atoms with van der Waals surface area (Å²) in [5.74, 6) is 1.64. The second-order valence-electron chi connectivity index (χ2n) is 4.52. The number of ether oxygens (including phenoxy) is 3. The molecule has 110 valence electrons. The van der Waals surface area contributed by atoms with E-state index in [1.54, 1.807) is 14.2 Å². The lowest BCUT2D eigenvalue weighted by molar-refractivity contribution is 0.143. The maximum atomic E-state index is 5.79. The van der Waals surface area contributed by atoms with Gasteiger partial charge in [-0.1, -0.05) is 0 Å². The molecule has 1 heterocycles. The Morgan fingerprint density at radius 2 is 1.95 bits per heavy atom. The molecule has 0 saturated heterocycles. The summed E-state index contributed by atoms with van der Waals surface area (Å²) < 4.78 is 16.0. The van der Waals surface area contributed by atoms with E-state index in [2.05, 4.69) is 9.89 Å². The molecule has 0 aliphatic carbocycles. The van der Waals surface area contributed by atoms with Crippen LogP contribution in [0.15, 0.2) is 23.2 Å². The van der Waals surface area contributed by atoms with Crippen LogP contribution in [-0.4, -0.2) is 57.9 Å². The molecule has 1 aromatic rings. The van der Waals surface area contributed by atoms with Crippen molar-refractivity contribution in [3.05, 3.63) is 18.2 Å². The second kappa shape index (κ2) is 7.12. The van der Waals surface area contributed by atoms with Crippen molar-refractivity contribution in [2.45, 2.75) is 0 Å². The summed E-state index contributed by atoms with van der Waals surface area (Å²) in [5.41, 5.74) is 7.23. The van der Waals surface area contributed by atoms with Crippen LogP contribution in [0.25, 0.3) is 0 Å². The van der Waals surface area contributed by atoms with Gasteiger partial charge in [-0.2, -0.15) is 0 Å². The van der Waals surface area contributed by atoms with E-state index in [4.69, 9.17) is 19.9 Å². The van der Waals surface area contributed by atoms with Gasteiger partial charge in [-0.3, -0.25) is 0 Å². The Kier molecular flexibility index (Phi) is 5.20. The van der Waals surface area contributed by atoms with Crippen LogP contribution in [0.2, 0.25) is 0 Å². The van der Waals surface area contributed by atoms with Crippen LogP contribution in [0.4, 0.5) is 11.4 Å². The van der Waals surface area contributed by atoms with Crippen molar-refractivity contribution in [2.75, 3.05) is 52.9 Å². The number of nitrogen functional groups attached to an aromatic ring is 1. The zero-order valence-electron chi connectivity index (χ0n) is 12.0. The number of nitrogens with two attached hydrogens (primary N) is 1. The molecule has 0 spiro atoms. The first-order valence-electron chi connectivity index (χ1n) is 6.57. The van der Waals surface area contributed by atoms with E-state index in [1.165, 1.54) is 0 Å². The fourth-order valence-corrected chi connectivity index (χ4v) is 1.99. The first kappa shape index (κ1) is 14.6. The maximum absolute atomic E-state index is 5.79. The van der Waals surface area contributed by atoms with Crippen LogP contribution in [0.3, 0.4) is 0 Å². The molecule has 0 radical (unpaired) electrons. The normalized spacial score (nSPS) is 13.4. The van der Waals surface area contributed by atoms with Crippen molar-refractivity contribution in [2.24, 2.45) is 4.99 Å². The fraction of sp³-hybridized carbons (Fsp3) is 0.500. The molecule has 0 saturated carbocycles. The molecule has 0 atom stereocenters. The Balaban J connectivity index is 2.16. The van der Waals surface area contributed by atoms with Gasteiger partial charge in [-0.15, -0.1) is 0 Å². The maximum Gasteiger partial charge on any atom is 0.146 e. The number of fused-ring (bicyclic) bond motifs is 1. The lowest BCUT2D eigenvalue weighted by atomic mass is 10.2. The number of rotatable bonds is 6. The zero-order chi connectivity index (χ0) is 14.4. The Hall–Kier alpha value is -1.79. The molecular weight excluding hydrogens is 258 g/mol. The van der Waals surface area contributed by atoms with Crippen LogP contribution in [0, 0.1) is 0 Å². The Labute approximate surface area is 119 Å². The molecule has 0 aromatic heterocycles. The van der Waals surface area contributed by atoms with Crippen molar-refractivity contribution < 1.29 is 14.2 Å². The fourth-order valence-electron chi connectivity index (χ4n) is 1.99. The molecule has 0 fully saturated rings. The molecule has 20 heavy (non-hydrogen) atoms. The summed E-state index contributed by atoms with van der Waals surface area (Å²) in [7, 11) is 3.37.